The molecule has 278 valence electrons. The lowest BCUT2D eigenvalue weighted by Crippen LogP contribution is -1.99. The second-order valence-electron chi connectivity index (χ2n) is 15.9. The Kier molecular flexibility index (Phi) is 7.05. The number of hydrogen-bond acceptors (Lipinski definition) is 1. The average molecular weight is 762 g/mol. The highest BCUT2D eigenvalue weighted by atomic mass is 16.3. The maximum absolute atomic E-state index is 6.76. The summed E-state index contributed by atoms with van der Waals surface area (Å²) in [4.78, 5) is 0. The zero-order chi connectivity index (χ0) is 39.3. The van der Waals surface area contributed by atoms with E-state index in [9.17, 15) is 0 Å². The first kappa shape index (κ1) is 33.1. The minimum atomic E-state index is 0.881. The standard InChI is InChI=1S/C58H35NO/c1-2-17-36(18-3-1)54-40-21-4-6-23-42(40)55(43-24-7-5-22-41(43)54)37-33-34-52-49(35-37)57-48(29-16-32-53(57)60-52)56-44-25-8-10-27-46(44)58(47-28-11-9-26-45(47)56)59-50-30-14-12-19-38(50)39-20-13-15-31-51(39)59/h1-35H. The third-order valence-corrected chi connectivity index (χ3v) is 12.8. The molecule has 2 nitrogen and oxygen atoms in total. The molecule has 2 heterocycles. The molecule has 0 aliphatic carbocycles. The fraction of sp³-hybridized carbons (Fsp3) is 0. The molecule has 0 fully saturated rings. The molecule has 13 aromatic rings. The van der Waals surface area contributed by atoms with Gasteiger partial charge in [0.15, 0.2) is 0 Å². The fourth-order valence-electron chi connectivity index (χ4n) is 10.3. The Hall–Kier alpha value is -7.94. The van der Waals surface area contributed by atoms with Crippen molar-refractivity contribution in [2.24, 2.45) is 0 Å². The summed E-state index contributed by atoms with van der Waals surface area (Å²) in [5.41, 5.74) is 12.6. The first-order chi connectivity index (χ1) is 29.8. The van der Waals surface area contributed by atoms with Crippen molar-refractivity contribution in [3.05, 3.63) is 212 Å². The van der Waals surface area contributed by atoms with Gasteiger partial charge in [-0.3, -0.25) is 0 Å². The van der Waals surface area contributed by atoms with Crippen molar-refractivity contribution in [2.45, 2.75) is 0 Å². The third-order valence-electron chi connectivity index (χ3n) is 12.8. The van der Waals surface area contributed by atoms with Crippen LogP contribution in [0.3, 0.4) is 0 Å². The molecule has 0 unspecified atom stereocenters. The van der Waals surface area contributed by atoms with Gasteiger partial charge in [-0.1, -0.05) is 182 Å². The molecular formula is C58H35NO. The van der Waals surface area contributed by atoms with Crippen LogP contribution in [0, 0.1) is 0 Å². The lowest BCUT2D eigenvalue weighted by molar-refractivity contribution is 0.669. The smallest absolute Gasteiger partial charge is 0.136 e. The second-order valence-corrected chi connectivity index (χ2v) is 15.9. The molecule has 11 aromatic carbocycles. The van der Waals surface area contributed by atoms with Crippen LogP contribution >= 0.6 is 0 Å². The molecular weight excluding hydrogens is 727 g/mol. The molecule has 0 aliphatic heterocycles. The van der Waals surface area contributed by atoms with E-state index >= 15 is 0 Å². The molecule has 0 radical (unpaired) electrons. The number of para-hydroxylation sites is 2. The molecule has 0 atom stereocenters. The summed E-state index contributed by atoms with van der Waals surface area (Å²) in [6.45, 7) is 0. The molecule has 0 amide bonds. The molecule has 0 saturated carbocycles. The number of benzene rings is 11. The molecule has 0 spiro atoms. The van der Waals surface area contributed by atoms with E-state index in [-0.39, 0.29) is 0 Å². The van der Waals surface area contributed by atoms with Gasteiger partial charge in [-0.25, -0.2) is 0 Å². The number of fused-ring (bicyclic) bond motifs is 10. The SMILES string of the molecule is c1ccc(-c2c3ccccc3c(-c3ccc4oc5cccc(-c6c7ccccc7c(-n7c8ccccc8c8ccccc87)c7ccccc67)c5c4c3)c3ccccc23)cc1. The summed E-state index contributed by atoms with van der Waals surface area (Å²) in [6.07, 6.45) is 0. The average Bonchev–Trinajstić information content (AvgIpc) is 3.86. The predicted molar refractivity (Wildman–Crippen MR) is 254 cm³/mol. The van der Waals surface area contributed by atoms with Crippen molar-refractivity contribution in [3.8, 4) is 39.1 Å². The van der Waals surface area contributed by atoms with Crippen LogP contribution in [0.5, 0.6) is 0 Å². The van der Waals surface area contributed by atoms with Gasteiger partial charge in [0.25, 0.3) is 0 Å². The summed E-state index contributed by atoms with van der Waals surface area (Å²) in [5.74, 6) is 0. The van der Waals surface area contributed by atoms with Crippen LogP contribution in [0.25, 0.3) is 126 Å². The van der Waals surface area contributed by atoms with Gasteiger partial charge in [0, 0.05) is 32.3 Å². The Morgan fingerprint density at radius 2 is 0.733 bits per heavy atom. The number of aromatic nitrogens is 1. The molecule has 2 heteroatoms. The Labute approximate surface area is 345 Å². The van der Waals surface area contributed by atoms with Crippen molar-refractivity contribution in [2.75, 3.05) is 0 Å². The number of nitrogens with zero attached hydrogens (tertiary/aromatic N) is 1. The Morgan fingerprint density at radius 1 is 0.283 bits per heavy atom. The zero-order valence-electron chi connectivity index (χ0n) is 32.6. The summed E-state index contributed by atoms with van der Waals surface area (Å²) in [6, 6.07) is 77.4. The predicted octanol–water partition coefficient (Wildman–Crippen LogP) is 16.3. The van der Waals surface area contributed by atoms with Crippen molar-refractivity contribution in [1.29, 1.82) is 0 Å². The van der Waals surface area contributed by atoms with Crippen LogP contribution < -0.4 is 0 Å². The van der Waals surface area contributed by atoms with E-state index in [0.29, 0.717) is 0 Å². The number of furan rings is 1. The normalized spacial score (nSPS) is 12.0. The quantitative estimate of drug-likeness (QED) is 0.163. The molecule has 2 aromatic heterocycles. The Morgan fingerprint density at radius 3 is 1.28 bits per heavy atom. The Balaban J connectivity index is 1.12. The number of rotatable bonds is 4. The van der Waals surface area contributed by atoms with E-state index in [1.807, 2.05) is 0 Å². The molecule has 13 rings (SSSR count). The van der Waals surface area contributed by atoms with E-state index in [0.717, 1.165) is 21.9 Å². The van der Waals surface area contributed by atoms with Gasteiger partial charge in [0.2, 0.25) is 0 Å². The lowest BCUT2D eigenvalue weighted by atomic mass is 9.85. The number of hydrogen-bond donors (Lipinski definition) is 0. The minimum absolute atomic E-state index is 0.881. The molecule has 60 heavy (non-hydrogen) atoms. The molecule has 0 saturated heterocycles. The summed E-state index contributed by atoms with van der Waals surface area (Å²) in [7, 11) is 0. The second kappa shape index (κ2) is 12.8. The van der Waals surface area contributed by atoms with E-state index in [1.54, 1.807) is 0 Å². The van der Waals surface area contributed by atoms with Gasteiger partial charge in [0.1, 0.15) is 11.2 Å². The minimum Gasteiger partial charge on any atom is -0.456 e. The van der Waals surface area contributed by atoms with Crippen molar-refractivity contribution < 1.29 is 4.42 Å². The molecule has 0 N–H and O–H groups in total. The lowest BCUT2D eigenvalue weighted by Gasteiger charge is -2.20. The van der Waals surface area contributed by atoms with Crippen LogP contribution in [0.4, 0.5) is 0 Å². The van der Waals surface area contributed by atoms with Crippen LogP contribution in [-0.4, -0.2) is 4.57 Å². The first-order valence-corrected chi connectivity index (χ1v) is 20.7. The zero-order valence-corrected chi connectivity index (χ0v) is 32.6. The third kappa shape index (κ3) is 4.64. The van der Waals surface area contributed by atoms with Gasteiger partial charge in [-0.15, -0.1) is 0 Å². The molecule has 0 aliphatic rings. The van der Waals surface area contributed by atoms with Crippen LogP contribution in [0.15, 0.2) is 217 Å². The largest absolute Gasteiger partial charge is 0.456 e. The van der Waals surface area contributed by atoms with Crippen LogP contribution in [0.1, 0.15) is 0 Å². The van der Waals surface area contributed by atoms with Gasteiger partial charge in [0.05, 0.1) is 16.7 Å². The van der Waals surface area contributed by atoms with Crippen LogP contribution in [-0.2, 0) is 0 Å². The molecule has 0 bridgehead atoms. The summed E-state index contributed by atoms with van der Waals surface area (Å²) < 4.78 is 9.24. The maximum Gasteiger partial charge on any atom is 0.136 e. The highest BCUT2D eigenvalue weighted by Gasteiger charge is 2.23. The van der Waals surface area contributed by atoms with Gasteiger partial charge in [-0.05, 0) is 96.0 Å². The Bertz CT molecular complexity index is 3720. The van der Waals surface area contributed by atoms with E-state index in [1.165, 1.54) is 104 Å². The van der Waals surface area contributed by atoms with Gasteiger partial charge >= 0.3 is 0 Å². The van der Waals surface area contributed by atoms with Crippen molar-refractivity contribution in [3.63, 3.8) is 0 Å². The maximum atomic E-state index is 6.76. The van der Waals surface area contributed by atoms with Crippen LogP contribution in [0.2, 0.25) is 0 Å². The van der Waals surface area contributed by atoms with Crippen molar-refractivity contribution in [1.82, 2.24) is 4.57 Å². The summed E-state index contributed by atoms with van der Waals surface area (Å²) in [5, 5.41) is 14.5. The van der Waals surface area contributed by atoms with E-state index in [4.69, 9.17) is 4.42 Å². The van der Waals surface area contributed by atoms with E-state index in [2.05, 4.69) is 217 Å². The van der Waals surface area contributed by atoms with E-state index < -0.39 is 0 Å². The fourth-order valence-corrected chi connectivity index (χ4v) is 10.3. The monoisotopic (exact) mass is 761 g/mol. The highest BCUT2D eigenvalue weighted by molar-refractivity contribution is 6.26. The summed E-state index contributed by atoms with van der Waals surface area (Å²) >= 11 is 0. The first-order valence-electron chi connectivity index (χ1n) is 20.7. The van der Waals surface area contributed by atoms with Gasteiger partial charge < -0.3 is 8.98 Å². The van der Waals surface area contributed by atoms with Crippen molar-refractivity contribution >= 4 is 86.8 Å². The topological polar surface area (TPSA) is 18.1 Å². The highest BCUT2D eigenvalue weighted by Crippen LogP contribution is 2.49. The van der Waals surface area contributed by atoms with Gasteiger partial charge in [-0.2, -0.15) is 0 Å².